The average Bonchev–Trinajstić information content (AvgIpc) is 2.78. The topological polar surface area (TPSA) is 29.5 Å². The van der Waals surface area contributed by atoms with Gasteiger partial charge in [-0.2, -0.15) is 0 Å². The van der Waals surface area contributed by atoms with Gasteiger partial charge < -0.3 is 9.64 Å². The van der Waals surface area contributed by atoms with Gasteiger partial charge in [0.25, 0.3) is 5.91 Å². The van der Waals surface area contributed by atoms with E-state index in [1.54, 1.807) is 13.2 Å². The zero-order chi connectivity index (χ0) is 13.1. The molecule has 1 aliphatic rings. The number of nitrogens with zero attached hydrogens (tertiary/aromatic N) is 1. The van der Waals surface area contributed by atoms with Gasteiger partial charge in [0, 0.05) is 18.5 Å². The predicted molar refractivity (Wildman–Crippen MR) is 72.3 cm³/mol. The molecule has 0 bridgehead atoms. The Morgan fingerprint density at radius 3 is 2.89 bits per heavy atom. The molecule has 0 aliphatic carbocycles. The molecule has 2 unspecified atom stereocenters. The molecule has 4 heteroatoms. The van der Waals surface area contributed by atoms with Crippen LogP contribution in [0.3, 0.4) is 0 Å². The van der Waals surface area contributed by atoms with E-state index in [0.717, 1.165) is 13.0 Å². The summed E-state index contributed by atoms with van der Waals surface area (Å²) in [5.41, 5.74) is 0.615. The lowest BCUT2D eigenvalue weighted by Crippen LogP contribution is -2.38. The third-order valence-electron chi connectivity index (χ3n) is 3.64. The van der Waals surface area contributed by atoms with Crippen LogP contribution in [-0.2, 0) is 0 Å². The largest absolute Gasteiger partial charge is 0.496 e. The van der Waals surface area contributed by atoms with Gasteiger partial charge in [-0.25, -0.2) is 0 Å². The summed E-state index contributed by atoms with van der Waals surface area (Å²) in [6.45, 7) is 2.91. The number of alkyl halides is 1. The lowest BCUT2D eigenvalue weighted by Gasteiger charge is -2.25. The Kier molecular flexibility index (Phi) is 4.12. The van der Waals surface area contributed by atoms with E-state index in [1.165, 1.54) is 0 Å². The molecule has 18 heavy (non-hydrogen) atoms. The maximum absolute atomic E-state index is 12.5. The number of para-hydroxylation sites is 1. The van der Waals surface area contributed by atoms with Crippen molar-refractivity contribution in [1.82, 2.24) is 4.90 Å². The van der Waals surface area contributed by atoms with Gasteiger partial charge in [-0.3, -0.25) is 4.79 Å². The van der Waals surface area contributed by atoms with Crippen LogP contribution in [0.15, 0.2) is 24.3 Å². The molecule has 1 saturated heterocycles. The van der Waals surface area contributed by atoms with Gasteiger partial charge in [0.1, 0.15) is 5.75 Å². The molecular weight excluding hydrogens is 250 g/mol. The van der Waals surface area contributed by atoms with E-state index in [9.17, 15) is 4.79 Å². The maximum Gasteiger partial charge on any atom is 0.257 e. The van der Waals surface area contributed by atoms with Crippen molar-refractivity contribution in [3.05, 3.63) is 29.8 Å². The molecular formula is C14H18ClNO2. The van der Waals surface area contributed by atoms with Gasteiger partial charge in [-0.05, 0) is 24.5 Å². The number of rotatable bonds is 3. The molecule has 1 amide bonds. The highest BCUT2D eigenvalue weighted by Gasteiger charge is 2.34. The Balaban J connectivity index is 2.26. The molecule has 3 nitrogen and oxygen atoms in total. The third kappa shape index (κ3) is 2.32. The molecule has 1 heterocycles. The van der Waals surface area contributed by atoms with Crippen LogP contribution in [0.2, 0.25) is 0 Å². The number of amides is 1. The van der Waals surface area contributed by atoms with E-state index in [-0.39, 0.29) is 11.9 Å². The second kappa shape index (κ2) is 5.61. The fraction of sp³-hybridized carbons (Fsp3) is 0.500. The first kappa shape index (κ1) is 13.2. The van der Waals surface area contributed by atoms with Gasteiger partial charge in [0.15, 0.2) is 0 Å². The number of carbonyl (C=O) groups excluding carboxylic acids is 1. The van der Waals surface area contributed by atoms with Crippen molar-refractivity contribution in [3.8, 4) is 5.75 Å². The van der Waals surface area contributed by atoms with Crippen molar-refractivity contribution in [3.63, 3.8) is 0 Å². The van der Waals surface area contributed by atoms with Crippen LogP contribution in [0.1, 0.15) is 23.7 Å². The standard InChI is InChI=1S/C14H18ClNO2/c1-10-7-8-16(12(10)9-15)14(17)11-5-3-4-6-13(11)18-2/h3-6,10,12H,7-9H2,1-2H3. The van der Waals surface area contributed by atoms with E-state index in [0.29, 0.717) is 23.1 Å². The number of halogens is 1. The number of benzene rings is 1. The van der Waals surface area contributed by atoms with Crippen molar-refractivity contribution < 1.29 is 9.53 Å². The Hall–Kier alpha value is -1.22. The van der Waals surface area contributed by atoms with Crippen molar-refractivity contribution in [2.45, 2.75) is 19.4 Å². The minimum Gasteiger partial charge on any atom is -0.496 e. The van der Waals surface area contributed by atoms with Crippen molar-refractivity contribution in [2.24, 2.45) is 5.92 Å². The van der Waals surface area contributed by atoms with Crippen LogP contribution < -0.4 is 4.74 Å². The first-order valence-electron chi connectivity index (χ1n) is 6.19. The molecule has 2 rings (SSSR count). The number of carbonyl (C=O) groups is 1. The number of hydrogen-bond donors (Lipinski definition) is 0. The van der Waals surface area contributed by atoms with Gasteiger partial charge >= 0.3 is 0 Å². The smallest absolute Gasteiger partial charge is 0.257 e. The van der Waals surface area contributed by atoms with Gasteiger partial charge in [0.05, 0.1) is 12.7 Å². The molecule has 1 aromatic rings. The maximum atomic E-state index is 12.5. The fourth-order valence-electron chi connectivity index (χ4n) is 2.47. The summed E-state index contributed by atoms with van der Waals surface area (Å²) in [5.74, 6) is 1.58. The molecule has 2 atom stereocenters. The van der Waals surface area contributed by atoms with E-state index in [1.807, 2.05) is 23.1 Å². The number of hydrogen-bond acceptors (Lipinski definition) is 2. The predicted octanol–water partition coefficient (Wildman–Crippen LogP) is 2.78. The second-order valence-corrected chi connectivity index (χ2v) is 5.00. The normalized spacial score (nSPS) is 23.2. The van der Waals surface area contributed by atoms with Gasteiger partial charge in [-0.1, -0.05) is 19.1 Å². The Bertz CT molecular complexity index is 436. The van der Waals surface area contributed by atoms with Crippen molar-refractivity contribution >= 4 is 17.5 Å². The lowest BCUT2D eigenvalue weighted by molar-refractivity contribution is 0.0733. The van der Waals surface area contributed by atoms with Crippen LogP contribution in [0.25, 0.3) is 0 Å². The summed E-state index contributed by atoms with van der Waals surface area (Å²) in [5, 5.41) is 0. The van der Waals surface area contributed by atoms with Crippen molar-refractivity contribution in [1.29, 1.82) is 0 Å². The zero-order valence-corrected chi connectivity index (χ0v) is 11.5. The van der Waals surface area contributed by atoms with Crippen LogP contribution in [0.4, 0.5) is 0 Å². The third-order valence-corrected chi connectivity index (χ3v) is 3.96. The summed E-state index contributed by atoms with van der Waals surface area (Å²) >= 11 is 5.98. The van der Waals surface area contributed by atoms with Crippen LogP contribution in [0, 0.1) is 5.92 Å². The summed E-state index contributed by atoms with van der Waals surface area (Å²) in [6, 6.07) is 7.45. The molecule has 0 N–H and O–H groups in total. The molecule has 0 saturated carbocycles. The molecule has 0 radical (unpaired) electrons. The first-order chi connectivity index (χ1) is 8.69. The van der Waals surface area contributed by atoms with Crippen LogP contribution in [0.5, 0.6) is 5.75 Å². The molecule has 0 aromatic heterocycles. The highest BCUT2D eigenvalue weighted by molar-refractivity contribution is 6.18. The lowest BCUT2D eigenvalue weighted by atomic mass is 10.0. The summed E-state index contributed by atoms with van der Waals surface area (Å²) in [4.78, 5) is 14.4. The summed E-state index contributed by atoms with van der Waals surface area (Å²) in [6.07, 6.45) is 1.01. The second-order valence-electron chi connectivity index (χ2n) is 4.69. The number of methoxy groups -OCH3 is 1. The summed E-state index contributed by atoms with van der Waals surface area (Å²) < 4.78 is 5.24. The fourth-order valence-corrected chi connectivity index (χ4v) is 2.94. The highest BCUT2D eigenvalue weighted by Crippen LogP contribution is 2.28. The van der Waals surface area contributed by atoms with Crippen molar-refractivity contribution in [2.75, 3.05) is 19.5 Å². The Labute approximate surface area is 113 Å². The van der Waals surface area contributed by atoms with E-state index < -0.39 is 0 Å². The molecule has 0 spiro atoms. The Morgan fingerprint density at radius 2 is 2.22 bits per heavy atom. The number of ether oxygens (including phenoxy) is 1. The highest BCUT2D eigenvalue weighted by atomic mass is 35.5. The molecule has 98 valence electrons. The van der Waals surface area contributed by atoms with Gasteiger partial charge in [-0.15, -0.1) is 11.6 Å². The van der Waals surface area contributed by atoms with Gasteiger partial charge in [0.2, 0.25) is 0 Å². The van der Waals surface area contributed by atoms with Crippen LogP contribution >= 0.6 is 11.6 Å². The average molecular weight is 268 g/mol. The van der Waals surface area contributed by atoms with E-state index in [2.05, 4.69) is 6.92 Å². The van der Waals surface area contributed by atoms with E-state index in [4.69, 9.17) is 16.3 Å². The quantitative estimate of drug-likeness (QED) is 0.788. The molecule has 1 aromatic carbocycles. The Morgan fingerprint density at radius 1 is 1.50 bits per heavy atom. The molecule has 1 aliphatic heterocycles. The minimum atomic E-state index is 0.0162. The minimum absolute atomic E-state index is 0.0162. The van der Waals surface area contributed by atoms with Crippen LogP contribution in [-0.4, -0.2) is 36.4 Å². The number of likely N-dealkylation sites (tertiary alicyclic amines) is 1. The monoisotopic (exact) mass is 267 g/mol. The first-order valence-corrected chi connectivity index (χ1v) is 6.72. The SMILES string of the molecule is COc1ccccc1C(=O)N1CCC(C)C1CCl. The summed E-state index contributed by atoms with van der Waals surface area (Å²) in [7, 11) is 1.58. The molecule has 1 fully saturated rings. The zero-order valence-electron chi connectivity index (χ0n) is 10.7. The van der Waals surface area contributed by atoms with E-state index >= 15 is 0 Å².